The zero-order valence-corrected chi connectivity index (χ0v) is 9.92. The molecule has 0 aromatic heterocycles. The number of hydrogen-bond acceptors (Lipinski definition) is 3. The molecule has 2 fully saturated rings. The van der Waals surface area contributed by atoms with Crippen molar-refractivity contribution in [2.75, 3.05) is 19.8 Å². The Morgan fingerprint density at radius 2 is 2.27 bits per heavy atom. The van der Waals surface area contributed by atoms with Crippen LogP contribution in [0.5, 0.6) is 0 Å². The van der Waals surface area contributed by atoms with Gasteiger partial charge in [-0.2, -0.15) is 0 Å². The molecule has 2 aliphatic rings. The summed E-state index contributed by atoms with van der Waals surface area (Å²) in [6.07, 6.45) is 5.09. The van der Waals surface area contributed by atoms with Gasteiger partial charge in [-0.3, -0.25) is 5.32 Å². The Morgan fingerprint density at radius 3 is 2.87 bits per heavy atom. The molecule has 2 aliphatic heterocycles. The fraction of sp³-hybridized carbons (Fsp3) is 1.00. The van der Waals surface area contributed by atoms with Crippen molar-refractivity contribution in [1.82, 2.24) is 5.32 Å². The lowest BCUT2D eigenvalue weighted by atomic mass is 9.98. The van der Waals surface area contributed by atoms with Gasteiger partial charge in [0, 0.05) is 19.6 Å². The van der Waals surface area contributed by atoms with Crippen LogP contribution < -0.4 is 5.32 Å². The predicted molar refractivity (Wildman–Crippen MR) is 59.7 cm³/mol. The van der Waals surface area contributed by atoms with Crippen LogP contribution in [-0.4, -0.2) is 31.6 Å². The molecule has 3 heteroatoms. The molecule has 0 aromatic rings. The maximum absolute atomic E-state index is 5.89. The summed E-state index contributed by atoms with van der Waals surface area (Å²) >= 11 is 0. The van der Waals surface area contributed by atoms with Gasteiger partial charge in [-0.05, 0) is 32.1 Å². The van der Waals surface area contributed by atoms with Gasteiger partial charge in [0.1, 0.15) is 5.72 Å². The van der Waals surface area contributed by atoms with Gasteiger partial charge < -0.3 is 9.47 Å². The average Bonchev–Trinajstić information content (AvgIpc) is 2.24. The molecule has 0 aromatic carbocycles. The highest BCUT2D eigenvalue weighted by atomic mass is 16.5. The topological polar surface area (TPSA) is 30.5 Å². The van der Waals surface area contributed by atoms with E-state index in [1.807, 2.05) is 0 Å². The molecule has 15 heavy (non-hydrogen) atoms. The highest BCUT2D eigenvalue weighted by molar-refractivity contribution is 4.82. The van der Waals surface area contributed by atoms with Crippen LogP contribution in [0.2, 0.25) is 0 Å². The summed E-state index contributed by atoms with van der Waals surface area (Å²) in [4.78, 5) is 0. The standard InChI is InChI=1S/C12H23NO2/c1-10-8-13-12(2,15-9-10)7-11-5-3-4-6-14-11/h10-11,13H,3-9H2,1-2H3. The summed E-state index contributed by atoms with van der Waals surface area (Å²) in [5, 5.41) is 3.49. The molecular formula is C12H23NO2. The summed E-state index contributed by atoms with van der Waals surface area (Å²) in [6, 6.07) is 0. The largest absolute Gasteiger partial charge is 0.378 e. The molecule has 3 unspecified atom stereocenters. The fourth-order valence-electron chi connectivity index (χ4n) is 2.36. The predicted octanol–water partition coefficient (Wildman–Crippen LogP) is 1.92. The van der Waals surface area contributed by atoms with Crippen LogP contribution in [0.1, 0.15) is 39.5 Å². The normalized spacial score (nSPS) is 42.8. The molecule has 0 saturated carbocycles. The molecule has 1 N–H and O–H groups in total. The second-order valence-electron chi connectivity index (χ2n) is 5.22. The third-order valence-corrected chi connectivity index (χ3v) is 3.40. The Labute approximate surface area is 92.5 Å². The Hall–Kier alpha value is -0.120. The van der Waals surface area contributed by atoms with E-state index >= 15 is 0 Å². The molecule has 3 nitrogen and oxygen atoms in total. The van der Waals surface area contributed by atoms with E-state index in [0.29, 0.717) is 12.0 Å². The molecule has 2 rings (SSSR count). The molecule has 0 radical (unpaired) electrons. The van der Waals surface area contributed by atoms with Crippen molar-refractivity contribution >= 4 is 0 Å². The summed E-state index contributed by atoms with van der Waals surface area (Å²) in [6.45, 7) is 7.22. The van der Waals surface area contributed by atoms with Crippen LogP contribution in [0.3, 0.4) is 0 Å². The Kier molecular flexibility index (Phi) is 3.65. The minimum atomic E-state index is -0.158. The van der Waals surface area contributed by atoms with Crippen LogP contribution in [0.25, 0.3) is 0 Å². The van der Waals surface area contributed by atoms with Crippen molar-refractivity contribution in [1.29, 1.82) is 0 Å². The maximum Gasteiger partial charge on any atom is 0.118 e. The molecule has 0 amide bonds. The Morgan fingerprint density at radius 1 is 1.40 bits per heavy atom. The molecular weight excluding hydrogens is 190 g/mol. The van der Waals surface area contributed by atoms with E-state index in [1.54, 1.807) is 0 Å². The van der Waals surface area contributed by atoms with Gasteiger partial charge in [0.05, 0.1) is 12.7 Å². The monoisotopic (exact) mass is 213 g/mol. The zero-order chi connectivity index (χ0) is 10.7. The van der Waals surface area contributed by atoms with E-state index in [1.165, 1.54) is 19.3 Å². The third-order valence-electron chi connectivity index (χ3n) is 3.40. The van der Waals surface area contributed by atoms with E-state index in [9.17, 15) is 0 Å². The van der Waals surface area contributed by atoms with Gasteiger partial charge >= 0.3 is 0 Å². The molecule has 88 valence electrons. The van der Waals surface area contributed by atoms with Crippen molar-refractivity contribution in [2.45, 2.75) is 51.4 Å². The van der Waals surface area contributed by atoms with Crippen molar-refractivity contribution in [3.8, 4) is 0 Å². The summed E-state index contributed by atoms with van der Waals surface area (Å²) in [7, 11) is 0. The van der Waals surface area contributed by atoms with Crippen LogP contribution in [0.15, 0.2) is 0 Å². The molecule has 2 saturated heterocycles. The van der Waals surface area contributed by atoms with Crippen LogP contribution in [0.4, 0.5) is 0 Å². The fourth-order valence-corrected chi connectivity index (χ4v) is 2.36. The Balaban J connectivity index is 1.81. The molecule has 0 aliphatic carbocycles. The molecule has 3 atom stereocenters. The minimum Gasteiger partial charge on any atom is -0.378 e. The van der Waals surface area contributed by atoms with Gasteiger partial charge in [0.15, 0.2) is 0 Å². The Bertz CT molecular complexity index is 194. The van der Waals surface area contributed by atoms with Gasteiger partial charge in [0.25, 0.3) is 0 Å². The maximum atomic E-state index is 5.89. The van der Waals surface area contributed by atoms with Gasteiger partial charge in [-0.15, -0.1) is 0 Å². The molecule has 0 spiro atoms. The molecule has 2 heterocycles. The lowest BCUT2D eigenvalue weighted by Gasteiger charge is -2.40. The smallest absolute Gasteiger partial charge is 0.118 e. The first kappa shape index (κ1) is 11.4. The van der Waals surface area contributed by atoms with E-state index in [4.69, 9.17) is 9.47 Å². The van der Waals surface area contributed by atoms with Gasteiger partial charge in [0.2, 0.25) is 0 Å². The molecule has 0 bridgehead atoms. The first-order valence-electron chi connectivity index (χ1n) is 6.18. The minimum absolute atomic E-state index is 0.158. The lowest BCUT2D eigenvalue weighted by molar-refractivity contribution is -0.134. The lowest BCUT2D eigenvalue weighted by Crippen LogP contribution is -2.54. The van der Waals surface area contributed by atoms with Crippen LogP contribution in [0, 0.1) is 5.92 Å². The van der Waals surface area contributed by atoms with E-state index in [2.05, 4.69) is 19.2 Å². The van der Waals surface area contributed by atoms with Crippen LogP contribution in [-0.2, 0) is 9.47 Å². The van der Waals surface area contributed by atoms with Crippen LogP contribution >= 0.6 is 0 Å². The summed E-state index contributed by atoms with van der Waals surface area (Å²) in [5.74, 6) is 0.630. The average molecular weight is 213 g/mol. The SMILES string of the molecule is CC1CNC(C)(CC2CCCCO2)OC1. The number of nitrogens with one attached hydrogen (secondary N) is 1. The number of rotatable bonds is 2. The van der Waals surface area contributed by atoms with Crippen molar-refractivity contribution < 1.29 is 9.47 Å². The van der Waals surface area contributed by atoms with E-state index in [-0.39, 0.29) is 5.72 Å². The van der Waals surface area contributed by atoms with Gasteiger partial charge in [-0.25, -0.2) is 0 Å². The summed E-state index contributed by atoms with van der Waals surface area (Å²) in [5.41, 5.74) is -0.158. The zero-order valence-electron chi connectivity index (χ0n) is 9.92. The third kappa shape index (κ3) is 3.16. The number of ether oxygens (including phenoxy) is 2. The first-order valence-corrected chi connectivity index (χ1v) is 6.18. The second kappa shape index (κ2) is 4.81. The second-order valence-corrected chi connectivity index (χ2v) is 5.22. The summed E-state index contributed by atoms with van der Waals surface area (Å²) < 4.78 is 11.6. The van der Waals surface area contributed by atoms with Crippen molar-refractivity contribution in [2.24, 2.45) is 5.92 Å². The highest BCUT2D eigenvalue weighted by Crippen LogP contribution is 2.25. The van der Waals surface area contributed by atoms with Crippen molar-refractivity contribution in [3.63, 3.8) is 0 Å². The highest BCUT2D eigenvalue weighted by Gasteiger charge is 2.33. The van der Waals surface area contributed by atoms with Gasteiger partial charge in [-0.1, -0.05) is 6.92 Å². The number of hydrogen-bond donors (Lipinski definition) is 1. The van der Waals surface area contributed by atoms with Crippen molar-refractivity contribution in [3.05, 3.63) is 0 Å². The van der Waals surface area contributed by atoms with E-state index in [0.717, 1.165) is 26.2 Å². The first-order chi connectivity index (χ1) is 7.18. The van der Waals surface area contributed by atoms with E-state index < -0.39 is 0 Å². The quantitative estimate of drug-likeness (QED) is 0.760.